The van der Waals surface area contributed by atoms with Crippen molar-refractivity contribution in [3.8, 4) is 0 Å². The Morgan fingerprint density at radius 2 is 1.69 bits per heavy atom. The number of pyridine rings is 1. The molecule has 0 bridgehead atoms. The van der Waals surface area contributed by atoms with Crippen molar-refractivity contribution in [2.24, 2.45) is 0 Å². The fraction of sp³-hybridized carbons (Fsp3) is 0. The molecule has 2 heterocycles. The topological polar surface area (TPSA) is 38.7 Å². The molecule has 0 fully saturated rings. The van der Waals surface area contributed by atoms with E-state index in [0.717, 1.165) is 4.60 Å². The number of nitrogens with zero attached hydrogens (tertiary/aromatic N) is 3. The molecule has 0 saturated carbocycles. The van der Waals surface area contributed by atoms with Crippen LogP contribution in [0.5, 0.6) is 0 Å². The van der Waals surface area contributed by atoms with Crippen molar-refractivity contribution in [2.45, 2.75) is 0 Å². The van der Waals surface area contributed by atoms with Gasteiger partial charge < -0.3 is 0 Å². The monoisotopic (exact) mass is 237 g/mol. The fourth-order valence-electron chi connectivity index (χ4n) is 0.595. The third-order valence-corrected chi connectivity index (χ3v) is 1.58. The molecule has 0 radical (unpaired) electrons. The van der Waals surface area contributed by atoms with Crippen LogP contribution in [0.15, 0.2) is 53.8 Å². The quantitative estimate of drug-likeness (QED) is 0.661. The highest BCUT2D eigenvalue weighted by molar-refractivity contribution is 9.10. The normalized spacial score (nSPS) is 8.38. The lowest BCUT2D eigenvalue weighted by Gasteiger charge is -1.80. The van der Waals surface area contributed by atoms with E-state index in [4.69, 9.17) is 0 Å². The van der Waals surface area contributed by atoms with Gasteiger partial charge in [-0.25, -0.2) is 15.0 Å². The third kappa shape index (κ3) is 5.03. The van der Waals surface area contributed by atoms with Crippen molar-refractivity contribution in [1.29, 1.82) is 0 Å². The Kier molecular flexibility index (Phi) is 4.71. The largest absolute Gasteiger partial charge is 0.249 e. The molecule has 0 aromatic carbocycles. The molecular weight excluding hydrogens is 230 g/mol. The van der Waals surface area contributed by atoms with Crippen molar-refractivity contribution >= 4 is 15.9 Å². The highest BCUT2D eigenvalue weighted by Crippen LogP contribution is 2.00. The van der Waals surface area contributed by atoms with Crippen LogP contribution in [0.2, 0.25) is 0 Å². The standard InChI is InChI=1S/C5H4BrN.C4H4N2/c6-5-3-1-2-4-7-5;1-2-5-4-6-3-1/h1-4H;1-4H. The van der Waals surface area contributed by atoms with Crippen LogP contribution >= 0.6 is 15.9 Å². The average Bonchev–Trinajstić information content (AvgIpc) is 2.22. The smallest absolute Gasteiger partial charge is 0.115 e. The molecule has 2 rings (SSSR count). The van der Waals surface area contributed by atoms with Gasteiger partial charge in [0.2, 0.25) is 0 Å². The molecule has 0 N–H and O–H groups in total. The van der Waals surface area contributed by atoms with E-state index in [-0.39, 0.29) is 0 Å². The van der Waals surface area contributed by atoms with Gasteiger partial charge in [-0.15, -0.1) is 0 Å². The number of halogens is 1. The van der Waals surface area contributed by atoms with Crippen molar-refractivity contribution in [1.82, 2.24) is 15.0 Å². The van der Waals surface area contributed by atoms with E-state index in [9.17, 15) is 0 Å². The third-order valence-electron chi connectivity index (χ3n) is 1.11. The average molecular weight is 238 g/mol. The molecule has 4 heteroatoms. The van der Waals surface area contributed by atoms with Gasteiger partial charge in [0.05, 0.1) is 0 Å². The summed E-state index contributed by atoms with van der Waals surface area (Å²) in [6.07, 6.45) is 6.62. The molecule has 2 aromatic rings. The highest BCUT2D eigenvalue weighted by Gasteiger charge is 1.75. The molecule has 66 valence electrons. The van der Waals surface area contributed by atoms with E-state index in [1.165, 1.54) is 6.33 Å². The van der Waals surface area contributed by atoms with E-state index in [1.54, 1.807) is 24.7 Å². The molecule has 0 amide bonds. The van der Waals surface area contributed by atoms with Gasteiger partial charge >= 0.3 is 0 Å². The zero-order valence-electron chi connectivity index (χ0n) is 6.84. The first kappa shape index (κ1) is 9.80. The first-order valence-corrected chi connectivity index (χ1v) is 4.45. The lowest BCUT2D eigenvalue weighted by Crippen LogP contribution is -1.66. The second-order valence-electron chi connectivity index (χ2n) is 2.06. The minimum Gasteiger partial charge on any atom is -0.249 e. The highest BCUT2D eigenvalue weighted by atomic mass is 79.9. The predicted octanol–water partition coefficient (Wildman–Crippen LogP) is 2.32. The molecule has 0 saturated heterocycles. The minimum atomic E-state index is 0.884. The Morgan fingerprint density at radius 1 is 0.923 bits per heavy atom. The van der Waals surface area contributed by atoms with Gasteiger partial charge in [-0.05, 0) is 34.1 Å². The van der Waals surface area contributed by atoms with Crippen molar-refractivity contribution < 1.29 is 0 Å². The summed E-state index contributed by atoms with van der Waals surface area (Å²) < 4.78 is 0.884. The minimum absolute atomic E-state index is 0.884. The SMILES string of the molecule is Brc1ccccn1.c1cncnc1. The van der Waals surface area contributed by atoms with E-state index in [1.807, 2.05) is 18.2 Å². The van der Waals surface area contributed by atoms with E-state index >= 15 is 0 Å². The van der Waals surface area contributed by atoms with Gasteiger partial charge in [-0.1, -0.05) is 6.07 Å². The predicted molar refractivity (Wildman–Crippen MR) is 54.0 cm³/mol. The van der Waals surface area contributed by atoms with Crippen LogP contribution in [0.4, 0.5) is 0 Å². The van der Waals surface area contributed by atoms with E-state index in [0.29, 0.717) is 0 Å². The second kappa shape index (κ2) is 6.25. The van der Waals surface area contributed by atoms with Gasteiger partial charge in [-0.2, -0.15) is 0 Å². The van der Waals surface area contributed by atoms with Crippen LogP contribution in [-0.2, 0) is 0 Å². The van der Waals surface area contributed by atoms with Gasteiger partial charge in [0.15, 0.2) is 0 Å². The fourth-order valence-corrected chi connectivity index (χ4v) is 0.866. The molecule has 0 aliphatic heterocycles. The summed E-state index contributed by atoms with van der Waals surface area (Å²) in [6.45, 7) is 0. The maximum atomic E-state index is 3.90. The lowest BCUT2D eigenvalue weighted by molar-refractivity contribution is 1.17. The summed E-state index contributed by atoms with van der Waals surface area (Å²) in [4.78, 5) is 11.2. The molecule has 0 atom stereocenters. The van der Waals surface area contributed by atoms with Crippen LogP contribution in [-0.4, -0.2) is 15.0 Å². The van der Waals surface area contributed by atoms with Crippen LogP contribution in [0.1, 0.15) is 0 Å². The zero-order chi connectivity index (χ0) is 9.36. The van der Waals surface area contributed by atoms with Gasteiger partial charge in [-0.3, -0.25) is 0 Å². The summed E-state index contributed by atoms with van der Waals surface area (Å²) in [5.41, 5.74) is 0. The maximum absolute atomic E-state index is 3.90. The Hall–Kier alpha value is -1.29. The molecule has 3 nitrogen and oxygen atoms in total. The van der Waals surface area contributed by atoms with Crippen LogP contribution < -0.4 is 0 Å². The molecule has 13 heavy (non-hydrogen) atoms. The summed E-state index contributed by atoms with van der Waals surface area (Å²) >= 11 is 3.20. The summed E-state index contributed by atoms with van der Waals surface area (Å²) in [5.74, 6) is 0. The zero-order valence-corrected chi connectivity index (χ0v) is 8.42. The van der Waals surface area contributed by atoms with Gasteiger partial charge in [0, 0.05) is 18.6 Å². The van der Waals surface area contributed by atoms with Crippen LogP contribution in [0.3, 0.4) is 0 Å². The Balaban J connectivity index is 0.000000132. The van der Waals surface area contributed by atoms with Gasteiger partial charge in [0.1, 0.15) is 10.9 Å². The lowest BCUT2D eigenvalue weighted by atomic mass is 10.5. The molecule has 2 aromatic heterocycles. The Bertz CT molecular complexity index is 285. The summed E-state index contributed by atoms with van der Waals surface area (Å²) in [7, 11) is 0. The van der Waals surface area contributed by atoms with Crippen molar-refractivity contribution in [2.75, 3.05) is 0 Å². The van der Waals surface area contributed by atoms with Crippen LogP contribution in [0.25, 0.3) is 0 Å². The molecule has 0 aliphatic carbocycles. The van der Waals surface area contributed by atoms with Gasteiger partial charge in [0.25, 0.3) is 0 Å². The summed E-state index contributed by atoms with van der Waals surface area (Å²) in [6, 6.07) is 7.47. The van der Waals surface area contributed by atoms with E-state index < -0.39 is 0 Å². The molecule has 0 aliphatic rings. The molecule has 0 unspecified atom stereocenters. The Labute approximate surface area is 85.0 Å². The second-order valence-corrected chi connectivity index (χ2v) is 2.87. The first-order chi connectivity index (χ1) is 6.39. The molecular formula is C9H8BrN3. The number of hydrogen-bond acceptors (Lipinski definition) is 3. The van der Waals surface area contributed by atoms with Crippen molar-refractivity contribution in [3.63, 3.8) is 0 Å². The number of aromatic nitrogens is 3. The van der Waals surface area contributed by atoms with E-state index in [2.05, 4.69) is 30.9 Å². The number of hydrogen-bond donors (Lipinski definition) is 0. The maximum Gasteiger partial charge on any atom is 0.115 e. The summed E-state index contributed by atoms with van der Waals surface area (Å²) in [5, 5.41) is 0. The van der Waals surface area contributed by atoms with Crippen molar-refractivity contribution in [3.05, 3.63) is 53.8 Å². The van der Waals surface area contributed by atoms with Crippen LogP contribution in [0, 0.1) is 0 Å². The number of rotatable bonds is 0. The first-order valence-electron chi connectivity index (χ1n) is 3.66. The Morgan fingerprint density at radius 3 is 1.92 bits per heavy atom. The molecule has 0 spiro atoms.